The Kier molecular flexibility index (Phi) is 5.12. The van der Waals surface area contributed by atoms with Gasteiger partial charge in [0.1, 0.15) is 0 Å². The van der Waals surface area contributed by atoms with Crippen molar-refractivity contribution in [3.63, 3.8) is 0 Å². The first-order chi connectivity index (χ1) is 8.76. The van der Waals surface area contributed by atoms with Gasteiger partial charge in [0.2, 0.25) is 0 Å². The van der Waals surface area contributed by atoms with Gasteiger partial charge in [-0.15, -0.1) is 0 Å². The zero-order valence-electron chi connectivity index (χ0n) is 13.0. The van der Waals surface area contributed by atoms with Crippen LogP contribution in [0.5, 0.6) is 0 Å². The molecule has 1 amide bonds. The van der Waals surface area contributed by atoms with E-state index in [9.17, 15) is 4.79 Å². The molecule has 106 valence electrons. The van der Waals surface area contributed by atoms with Crippen LogP contribution >= 0.6 is 0 Å². The summed E-state index contributed by atoms with van der Waals surface area (Å²) in [6.07, 6.45) is 0. The van der Waals surface area contributed by atoms with Crippen LogP contribution in [-0.4, -0.2) is 26.0 Å². The van der Waals surface area contributed by atoms with E-state index in [4.69, 9.17) is 0 Å². The van der Waals surface area contributed by atoms with Gasteiger partial charge in [-0.05, 0) is 44.4 Å². The average Bonchev–Trinajstić information content (AvgIpc) is 2.25. The third-order valence-electron chi connectivity index (χ3n) is 3.29. The number of rotatable bonds is 5. The van der Waals surface area contributed by atoms with E-state index in [-0.39, 0.29) is 11.3 Å². The Balaban J connectivity index is 2.80. The van der Waals surface area contributed by atoms with E-state index in [0.717, 1.165) is 23.2 Å². The minimum atomic E-state index is 0.0270. The molecule has 3 nitrogen and oxygen atoms in total. The molecule has 2 N–H and O–H groups in total. The molecule has 0 aliphatic carbocycles. The maximum Gasteiger partial charge on any atom is 0.251 e. The summed E-state index contributed by atoms with van der Waals surface area (Å²) in [5.74, 6) is 0.0270. The van der Waals surface area contributed by atoms with Crippen LogP contribution in [0.4, 0.5) is 0 Å². The molecule has 0 spiro atoms. The van der Waals surface area contributed by atoms with Gasteiger partial charge in [-0.2, -0.15) is 0 Å². The van der Waals surface area contributed by atoms with Gasteiger partial charge in [0.15, 0.2) is 0 Å². The van der Waals surface area contributed by atoms with Crippen LogP contribution in [0.15, 0.2) is 12.1 Å². The molecule has 0 fully saturated rings. The molecule has 1 aromatic rings. The number of hydrogen-bond donors (Lipinski definition) is 2. The Bertz CT molecular complexity index is 441. The van der Waals surface area contributed by atoms with Gasteiger partial charge in [0.05, 0.1) is 0 Å². The number of aryl methyl sites for hydroxylation is 3. The number of amides is 1. The summed E-state index contributed by atoms with van der Waals surface area (Å²) in [6.45, 7) is 11.9. The van der Waals surface area contributed by atoms with E-state index in [1.165, 1.54) is 5.56 Å². The Morgan fingerprint density at radius 1 is 1.11 bits per heavy atom. The van der Waals surface area contributed by atoms with Gasteiger partial charge in [-0.1, -0.05) is 31.5 Å². The van der Waals surface area contributed by atoms with Crippen LogP contribution in [0, 0.1) is 26.2 Å². The van der Waals surface area contributed by atoms with E-state index < -0.39 is 0 Å². The molecular formula is C16H26N2O. The quantitative estimate of drug-likeness (QED) is 0.856. The minimum absolute atomic E-state index is 0.0270. The van der Waals surface area contributed by atoms with E-state index in [1.807, 2.05) is 20.9 Å². The van der Waals surface area contributed by atoms with Crippen molar-refractivity contribution in [3.05, 3.63) is 34.4 Å². The van der Waals surface area contributed by atoms with Gasteiger partial charge < -0.3 is 10.6 Å². The SMILES string of the molecule is CNCC(C)(C)CNC(=O)c1c(C)cc(C)cc1C. The predicted molar refractivity (Wildman–Crippen MR) is 80.7 cm³/mol. The van der Waals surface area contributed by atoms with Crippen molar-refractivity contribution < 1.29 is 4.79 Å². The minimum Gasteiger partial charge on any atom is -0.351 e. The van der Waals surface area contributed by atoms with E-state index in [1.54, 1.807) is 0 Å². The van der Waals surface area contributed by atoms with Crippen LogP contribution in [0.3, 0.4) is 0 Å². The average molecular weight is 262 g/mol. The summed E-state index contributed by atoms with van der Waals surface area (Å²) in [7, 11) is 1.93. The number of hydrogen-bond acceptors (Lipinski definition) is 2. The second kappa shape index (κ2) is 6.20. The molecule has 0 unspecified atom stereocenters. The molecule has 0 saturated heterocycles. The smallest absolute Gasteiger partial charge is 0.251 e. The second-order valence-corrected chi connectivity index (χ2v) is 6.15. The van der Waals surface area contributed by atoms with E-state index in [2.05, 4.69) is 43.5 Å². The molecule has 0 heterocycles. The molecule has 0 aromatic heterocycles. The lowest BCUT2D eigenvalue weighted by molar-refractivity contribution is 0.0935. The fourth-order valence-electron chi connectivity index (χ4n) is 2.49. The van der Waals surface area contributed by atoms with Gasteiger partial charge in [-0.3, -0.25) is 4.79 Å². The first kappa shape index (κ1) is 15.7. The highest BCUT2D eigenvalue weighted by molar-refractivity contribution is 5.97. The molecule has 0 aliphatic heterocycles. The zero-order chi connectivity index (χ0) is 14.6. The summed E-state index contributed by atoms with van der Waals surface area (Å²) in [6, 6.07) is 4.11. The van der Waals surface area contributed by atoms with Gasteiger partial charge >= 0.3 is 0 Å². The van der Waals surface area contributed by atoms with E-state index in [0.29, 0.717) is 6.54 Å². The van der Waals surface area contributed by atoms with Gasteiger partial charge in [0.25, 0.3) is 5.91 Å². The molecule has 1 rings (SSSR count). The Hall–Kier alpha value is -1.35. The Morgan fingerprint density at radius 2 is 1.63 bits per heavy atom. The molecule has 0 saturated carbocycles. The van der Waals surface area contributed by atoms with Crippen LogP contribution < -0.4 is 10.6 Å². The molecular weight excluding hydrogens is 236 g/mol. The Morgan fingerprint density at radius 3 is 2.11 bits per heavy atom. The van der Waals surface area contributed by atoms with Crippen LogP contribution in [0.2, 0.25) is 0 Å². The Labute approximate surface area is 116 Å². The van der Waals surface area contributed by atoms with Crippen molar-refractivity contribution in [2.45, 2.75) is 34.6 Å². The second-order valence-electron chi connectivity index (χ2n) is 6.15. The maximum absolute atomic E-state index is 12.3. The van der Waals surface area contributed by atoms with Crippen LogP contribution in [0.1, 0.15) is 40.9 Å². The van der Waals surface area contributed by atoms with Gasteiger partial charge in [-0.25, -0.2) is 0 Å². The molecule has 0 bridgehead atoms. The molecule has 0 atom stereocenters. The third kappa shape index (κ3) is 4.35. The summed E-state index contributed by atoms with van der Waals surface area (Å²) in [5, 5.41) is 6.20. The highest BCUT2D eigenvalue weighted by Crippen LogP contribution is 2.17. The summed E-state index contributed by atoms with van der Waals surface area (Å²) in [4.78, 5) is 12.3. The van der Waals surface area contributed by atoms with Crippen molar-refractivity contribution >= 4 is 5.91 Å². The molecule has 0 aliphatic rings. The number of benzene rings is 1. The van der Waals surface area contributed by atoms with Crippen LogP contribution in [0.25, 0.3) is 0 Å². The summed E-state index contributed by atoms with van der Waals surface area (Å²) < 4.78 is 0. The van der Waals surface area contributed by atoms with Crippen LogP contribution in [-0.2, 0) is 0 Å². The number of nitrogens with one attached hydrogen (secondary N) is 2. The number of carbonyl (C=O) groups is 1. The lowest BCUT2D eigenvalue weighted by atomic mass is 9.93. The maximum atomic E-state index is 12.3. The van der Waals surface area contributed by atoms with Gasteiger partial charge in [0, 0.05) is 18.7 Å². The normalized spacial score (nSPS) is 11.5. The lowest BCUT2D eigenvalue weighted by Crippen LogP contribution is -2.39. The van der Waals surface area contributed by atoms with Crippen molar-refractivity contribution in [2.24, 2.45) is 5.41 Å². The first-order valence-electron chi connectivity index (χ1n) is 6.77. The standard InChI is InChI=1S/C16H26N2O/c1-11-7-12(2)14(13(3)8-11)15(19)18-10-16(4,5)9-17-6/h7-8,17H,9-10H2,1-6H3,(H,18,19). The topological polar surface area (TPSA) is 41.1 Å². The highest BCUT2D eigenvalue weighted by Gasteiger charge is 2.19. The highest BCUT2D eigenvalue weighted by atomic mass is 16.1. The van der Waals surface area contributed by atoms with Crippen molar-refractivity contribution in [2.75, 3.05) is 20.1 Å². The van der Waals surface area contributed by atoms with Crippen molar-refractivity contribution in [1.82, 2.24) is 10.6 Å². The lowest BCUT2D eigenvalue weighted by Gasteiger charge is -2.25. The molecule has 19 heavy (non-hydrogen) atoms. The first-order valence-corrected chi connectivity index (χ1v) is 6.77. The monoisotopic (exact) mass is 262 g/mol. The largest absolute Gasteiger partial charge is 0.351 e. The van der Waals surface area contributed by atoms with Crippen molar-refractivity contribution in [3.8, 4) is 0 Å². The fourth-order valence-corrected chi connectivity index (χ4v) is 2.49. The van der Waals surface area contributed by atoms with E-state index >= 15 is 0 Å². The predicted octanol–water partition coefficient (Wildman–Crippen LogP) is 2.59. The summed E-state index contributed by atoms with van der Waals surface area (Å²) in [5.41, 5.74) is 4.15. The summed E-state index contributed by atoms with van der Waals surface area (Å²) >= 11 is 0. The molecule has 0 radical (unpaired) electrons. The zero-order valence-corrected chi connectivity index (χ0v) is 13.0. The number of carbonyl (C=O) groups excluding carboxylic acids is 1. The molecule has 1 aromatic carbocycles. The van der Waals surface area contributed by atoms with Crippen molar-refractivity contribution in [1.29, 1.82) is 0 Å². The third-order valence-corrected chi connectivity index (χ3v) is 3.29. The fraction of sp³-hybridized carbons (Fsp3) is 0.562. The molecule has 3 heteroatoms.